The van der Waals surface area contributed by atoms with E-state index in [1.54, 1.807) is 6.08 Å². The van der Waals surface area contributed by atoms with Gasteiger partial charge in [-0.15, -0.1) is 0 Å². The van der Waals surface area contributed by atoms with E-state index in [2.05, 4.69) is 108 Å². The van der Waals surface area contributed by atoms with Gasteiger partial charge in [0, 0.05) is 11.0 Å². The Kier molecular flexibility index (Phi) is 7.55. The van der Waals surface area contributed by atoms with Crippen LogP contribution in [0.4, 0.5) is 4.39 Å². The summed E-state index contributed by atoms with van der Waals surface area (Å²) in [5.41, 5.74) is 11.8. The summed E-state index contributed by atoms with van der Waals surface area (Å²) >= 11 is 0. The number of allylic oxidation sites excluding steroid dienone is 11. The zero-order valence-corrected chi connectivity index (χ0v) is 23.2. The van der Waals surface area contributed by atoms with Crippen LogP contribution in [0.15, 0.2) is 102 Å². The fourth-order valence-corrected chi connectivity index (χ4v) is 5.90. The monoisotopic (exact) mass is 490 g/mol. The SMILES string of the molecule is C=C(/C=C(C)\C=C/C)c1cc(C)ccc1C(C)/C=C\c1cccc2c1C(=C)C1=C(C(F)=CCC1)C2(C)C. The summed E-state index contributed by atoms with van der Waals surface area (Å²) in [5, 5.41) is 0. The van der Waals surface area contributed by atoms with Gasteiger partial charge in [-0.3, -0.25) is 0 Å². The Morgan fingerprint density at radius 2 is 1.92 bits per heavy atom. The Labute approximate surface area is 223 Å². The van der Waals surface area contributed by atoms with Gasteiger partial charge in [-0.05, 0) is 90.1 Å². The lowest BCUT2D eigenvalue weighted by Crippen LogP contribution is -2.29. The quantitative estimate of drug-likeness (QED) is 0.353. The predicted molar refractivity (Wildman–Crippen MR) is 160 cm³/mol. The third kappa shape index (κ3) is 5.05. The van der Waals surface area contributed by atoms with Gasteiger partial charge >= 0.3 is 0 Å². The van der Waals surface area contributed by atoms with Gasteiger partial charge in [0.1, 0.15) is 5.83 Å². The van der Waals surface area contributed by atoms with Crippen molar-refractivity contribution in [2.45, 2.75) is 65.7 Å². The number of halogens is 1. The van der Waals surface area contributed by atoms with Crippen LogP contribution in [-0.2, 0) is 5.41 Å². The molecule has 0 fully saturated rings. The van der Waals surface area contributed by atoms with Crippen molar-refractivity contribution >= 4 is 17.2 Å². The molecule has 2 aromatic rings. The molecular formula is C36H39F. The zero-order chi connectivity index (χ0) is 26.9. The van der Waals surface area contributed by atoms with E-state index in [0.717, 1.165) is 51.8 Å². The molecule has 2 aliphatic rings. The van der Waals surface area contributed by atoms with E-state index >= 15 is 4.39 Å². The second-order valence-corrected chi connectivity index (χ2v) is 11.0. The van der Waals surface area contributed by atoms with Gasteiger partial charge < -0.3 is 0 Å². The van der Waals surface area contributed by atoms with Crippen LogP contribution >= 0.6 is 0 Å². The summed E-state index contributed by atoms with van der Waals surface area (Å²) in [6.07, 6.45) is 14.1. The Balaban J connectivity index is 1.73. The topological polar surface area (TPSA) is 0 Å². The highest BCUT2D eigenvalue weighted by molar-refractivity contribution is 5.90. The minimum Gasteiger partial charge on any atom is -0.207 e. The highest BCUT2D eigenvalue weighted by Gasteiger charge is 2.39. The Hall–Kier alpha value is -3.45. The van der Waals surface area contributed by atoms with Gasteiger partial charge in [0.25, 0.3) is 0 Å². The van der Waals surface area contributed by atoms with Crippen molar-refractivity contribution in [3.05, 3.63) is 136 Å². The zero-order valence-electron chi connectivity index (χ0n) is 23.2. The average Bonchev–Trinajstić information content (AvgIpc) is 2.85. The van der Waals surface area contributed by atoms with E-state index in [1.165, 1.54) is 22.3 Å². The molecule has 0 aromatic heterocycles. The fourth-order valence-electron chi connectivity index (χ4n) is 5.90. The molecule has 4 rings (SSSR count). The number of benzene rings is 2. The number of hydrogen-bond donors (Lipinski definition) is 0. The smallest absolute Gasteiger partial charge is 0.123 e. The summed E-state index contributed by atoms with van der Waals surface area (Å²) in [4.78, 5) is 0. The number of hydrogen-bond acceptors (Lipinski definition) is 0. The van der Waals surface area contributed by atoms with Crippen LogP contribution in [-0.4, -0.2) is 0 Å². The van der Waals surface area contributed by atoms with Gasteiger partial charge in [0.05, 0.1) is 0 Å². The highest BCUT2D eigenvalue weighted by atomic mass is 19.1. The first-order valence-electron chi connectivity index (χ1n) is 13.3. The van der Waals surface area contributed by atoms with E-state index in [0.29, 0.717) is 0 Å². The van der Waals surface area contributed by atoms with Crippen molar-refractivity contribution in [1.29, 1.82) is 0 Å². The van der Waals surface area contributed by atoms with Crippen LogP contribution in [0.3, 0.4) is 0 Å². The molecule has 2 aliphatic carbocycles. The van der Waals surface area contributed by atoms with Crippen molar-refractivity contribution < 1.29 is 4.39 Å². The van der Waals surface area contributed by atoms with Crippen molar-refractivity contribution in [2.24, 2.45) is 0 Å². The first-order chi connectivity index (χ1) is 17.6. The number of rotatable bonds is 6. The van der Waals surface area contributed by atoms with Crippen LogP contribution in [0.2, 0.25) is 0 Å². The number of fused-ring (bicyclic) bond motifs is 1. The van der Waals surface area contributed by atoms with Gasteiger partial charge in [-0.25, -0.2) is 4.39 Å². The molecule has 2 aromatic carbocycles. The third-order valence-electron chi connectivity index (χ3n) is 7.76. The molecule has 0 aliphatic heterocycles. The molecule has 0 bridgehead atoms. The van der Waals surface area contributed by atoms with E-state index in [9.17, 15) is 0 Å². The lowest BCUT2D eigenvalue weighted by molar-refractivity contribution is 0.533. The maximum atomic E-state index is 15.0. The Bertz CT molecular complexity index is 1410. The van der Waals surface area contributed by atoms with Crippen molar-refractivity contribution in [3.63, 3.8) is 0 Å². The maximum absolute atomic E-state index is 15.0. The molecule has 0 radical (unpaired) electrons. The largest absolute Gasteiger partial charge is 0.207 e. The fraction of sp³-hybridized carbons (Fsp3) is 0.278. The maximum Gasteiger partial charge on any atom is 0.123 e. The van der Waals surface area contributed by atoms with E-state index in [-0.39, 0.29) is 11.7 Å². The van der Waals surface area contributed by atoms with Crippen LogP contribution in [0.25, 0.3) is 17.2 Å². The van der Waals surface area contributed by atoms with Crippen LogP contribution in [0.5, 0.6) is 0 Å². The van der Waals surface area contributed by atoms with Crippen LogP contribution in [0.1, 0.15) is 86.8 Å². The van der Waals surface area contributed by atoms with Crippen LogP contribution in [0, 0.1) is 6.92 Å². The molecule has 0 saturated carbocycles. The molecular weight excluding hydrogens is 451 g/mol. The molecule has 1 heteroatoms. The molecule has 0 N–H and O–H groups in total. The van der Waals surface area contributed by atoms with Gasteiger partial charge in [0.2, 0.25) is 0 Å². The molecule has 37 heavy (non-hydrogen) atoms. The van der Waals surface area contributed by atoms with Crippen molar-refractivity contribution in [2.75, 3.05) is 0 Å². The first-order valence-corrected chi connectivity index (χ1v) is 13.3. The average molecular weight is 491 g/mol. The van der Waals surface area contributed by atoms with E-state index in [4.69, 9.17) is 0 Å². The van der Waals surface area contributed by atoms with Crippen molar-refractivity contribution in [3.8, 4) is 0 Å². The standard InChI is InChI=1S/C36H39F/c1-9-12-23(2)21-26(5)31-22-24(3)17-20-29(31)25(4)18-19-28-13-10-15-32-34(28)27(6)30-14-11-16-33(37)35(30)36(32,7)8/h9-10,12-13,15-22,25H,5-6,11,14H2,1-4,7-8H3/b12-9-,19-18-,23-21-. The molecule has 1 atom stereocenters. The van der Waals surface area contributed by atoms with E-state index in [1.807, 2.05) is 13.0 Å². The molecule has 190 valence electrons. The summed E-state index contributed by atoms with van der Waals surface area (Å²) in [6.45, 7) is 21.6. The normalized spacial score (nSPS) is 18.2. The lowest BCUT2D eigenvalue weighted by Gasteiger charge is -2.40. The van der Waals surface area contributed by atoms with Crippen molar-refractivity contribution in [1.82, 2.24) is 0 Å². The summed E-state index contributed by atoms with van der Waals surface area (Å²) < 4.78 is 15.0. The second kappa shape index (κ2) is 10.5. The molecule has 0 amide bonds. The highest BCUT2D eigenvalue weighted by Crippen LogP contribution is 2.52. The molecule has 0 heterocycles. The second-order valence-electron chi connectivity index (χ2n) is 11.0. The first kappa shape index (κ1) is 26.6. The molecule has 0 saturated heterocycles. The summed E-state index contributed by atoms with van der Waals surface area (Å²) in [6, 6.07) is 13.0. The lowest BCUT2D eigenvalue weighted by atomic mass is 9.64. The Morgan fingerprint density at radius 1 is 1.16 bits per heavy atom. The van der Waals surface area contributed by atoms with Gasteiger partial charge in [-0.2, -0.15) is 0 Å². The van der Waals surface area contributed by atoms with Gasteiger partial charge in [0.15, 0.2) is 0 Å². The van der Waals surface area contributed by atoms with E-state index < -0.39 is 5.41 Å². The molecule has 1 unspecified atom stereocenters. The predicted octanol–water partition coefficient (Wildman–Crippen LogP) is 10.6. The third-order valence-corrected chi connectivity index (χ3v) is 7.76. The Morgan fingerprint density at radius 3 is 2.65 bits per heavy atom. The molecule has 0 nitrogen and oxygen atoms in total. The summed E-state index contributed by atoms with van der Waals surface area (Å²) in [5.74, 6) is 0.104. The van der Waals surface area contributed by atoms with Gasteiger partial charge in [-0.1, -0.05) is 112 Å². The van der Waals surface area contributed by atoms with Crippen LogP contribution < -0.4 is 0 Å². The number of aryl methyl sites for hydroxylation is 1. The molecule has 0 spiro atoms. The minimum absolute atomic E-state index is 0.0848. The summed E-state index contributed by atoms with van der Waals surface area (Å²) in [7, 11) is 0. The minimum atomic E-state index is -0.401.